The topological polar surface area (TPSA) is 56.0 Å². The monoisotopic (exact) mass is 204 g/mol. The van der Waals surface area contributed by atoms with Gasteiger partial charge in [-0.25, -0.2) is 0 Å². The smallest absolute Gasteiger partial charge is 0.0996 e. The van der Waals surface area contributed by atoms with E-state index in [9.17, 15) is 0 Å². The van der Waals surface area contributed by atoms with Gasteiger partial charge in [0, 0.05) is 12.5 Å². The van der Waals surface area contributed by atoms with Crippen LogP contribution in [0.3, 0.4) is 0 Å². The minimum atomic E-state index is -0.241. The van der Waals surface area contributed by atoms with Crippen molar-refractivity contribution in [3.05, 3.63) is 35.9 Å². The van der Waals surface area contributed by atoms with E-state index in [4.69, 9.17) is 10.4 Å². The lowest BCUT2D eigenvalue weighted by Gasteiger charge is -2.15. The van der Waals surface area contributed by atoms with Gasteiger partial charge in [0.25, 0.3) is 0 Å². The van der Waals surface area contributed by atoms with Crippen LogP contribution in [0.25, 0.3) is 0 Å². The largest absolute Gasteiger partial charge is 0.395 e. The van der Waals surface area contributed by atoms with Gasteiger partial charge in [0.05, 0.1) is 18.7 Å². The maximum Gasteiger partial charge on any atom is 0.0996 e. The van der Waals surface area contributed by atoms with Gasteiger partial charge in [-0.2, -0.15) is 5.26 Å². The first-order chi connectivity index (χ1) is 7.26. The molecule has 1 aromatic carbocycles. The average molecular weight is 204 g/mol. The lowest BCUT2D eigenvalue weighted by atomic mass is 10.1. The maximum atomic E-state index is 8.94. The third-order valence-corrected chi connectivity index (χ3v) is 2.20. The molecule has 80 valence electrons. The van der Waals surface area contributed by atoms with E-state index in [0.717, 1.165) is 5.56 Å². The highest BCUT2D eigenvalue weighted by molar-refractivity contribution is 5.17. The molecule has 1 aromatic rings. The fourth-order valence-electron chi connectivity index (χ4n) is 1.39. The van der Waals surface area contributed by atoms with Crippen LogP contribution >= 0.6 is 0 Å². The van der Waals surface area contributed by atoms with E-state index in [2.05, 4.69) is 11.4 Å². The van der Waals surface area contributed by atoms with Gasteiger partial charge in [-0.3, -0.25) is 5.32 Å². The third-order valence-electron chi connectivity index (χ3n) is 2.20. The number of nitrogens with zero attached hydrogens (tertiary/aromatic N) is 1. The Bertz CT molecular complexity index is 318. The van der Waals surface area contributed by atoms with Crippen LogP contribution in [0.2, 0.25) is 0 Å². The highest BCUT2D eigenvalue weighted by atomic mass is 16.3. The number of hydrogen-bond acceptors (Lipinski definition) is 3. The van der Waals surface area contributed by atoms with Crippen molar-refractivity contribution in [2.24, 2.45) is 0 Å². The fraction of sp³-hybridized carbons (Fsp3) is 0.417. The lowest BCUT2D eigenvalue weighted by Crippen LogP contribution is -2.39. The van der Waals surface area contributed by atoms with Gasteiger partial charge >= 0.3 is 0 Å². The zero-order chi connectivity index (χ0) is 11.1. The molecule has 0 aliphatic rings. The zero-order valence-corrected chi connectivity index (χ0v) is 8.85. The first-order valence-electron chi connectivity index (χ1n) is 5.06. The first-order valence-corrected chi connectivity index (χ1v) is 5.06. The van der Waals surface area contributed by atoms with Gasteiger partial charge < -0.3 is 5.11 Å². The predicted molar refractivity (Wildman–Crippen MR) is 59.2 cm³/mol. The number of benzene rings is 1. The molecule has 2 N–H and O–H groups in total. The minimum absolute atomic E-state index is 0.0432. The summed E-state index contributed by atoms with van der Waals surface area (Å²) in [4.78, 5) is 0. The van der Waals surface area contributed by atoms with Crippen LogP contribution in [0.1, 0.15) is 12.5 Å². The van der Waals surface area contributed by atoms with Crippen LogP contribution in [0.4, 0.5) is 0 Å². The Morgan fingerprint density at radius 2 is 2.07 bits per heavy atom. The second-order valence-corrected chi connectivity index (χ2v) is 3.62. The lowest BCUT2D eigenvalue weighted by molar-refractivity contribution is 0.246. The molecule has 0 radical (unpaired) electrons. The average Bonchev–Trinajstić information content (AvgIpc) is 2.29. The molecule has 2 unspecified atom stereocenters. The molecular formula is C12H16N2O. The Kier molecular flexibility index (Phi) is 4.82. The van der Waals surface area contributed by atoms with Crippen molar-refractivity contribution >= 4 is 0 Å². The van der Waals surface area contributed by atoms with Crippen molar-refractivity contribution < 1.29 is 5.11 Å². The Balaban J connectivity index is 2.52. The molecule has 0 aliphatic heterocycles. The molecule has 0 bridgehead atoms. The molecule has 0 aromatic heterocycles. The van der Waals surface area contributed by atoms with Crippen LogP contribution in [-0.2, 0) is 6.42 Å². The van der Waals surface area contributed by atoms with Crippen LogP contribution in [0, 0.1) is 11.3 Å². The zero-order valence-electron chi connectivity index (χ0n) is 8.85. The van der Waals surface area contributed by atoms with E-state index in [1.165, 1.54) is 0 Å². The molecule has 0 aliphatic carbocycles. The quantitative estimate of drug-likeness (QED) is 0.755. The molecule has 15 heavy (non-hydrogen) atoms. The summed E-state index contributed by atoms with van der Waals surface area (Å²) >= 11 is 0. The van der Waals surface area contributed by atoms with Crippen LogP contribution in [0.5, 0.6) is 0 Å². The van der Waals surface area contributed by atoms with Gasteiger partial charge in [-0.1, -0.05) is 30.3 Å². The van der Waals surface area contributed by atoms with Crippen molar-refractivity contribution in [2.75, 3.05) is 6.61 Å². The second kappa shape index (κ2) is 6.18. The third kappa shape index (κ3) is 4.11. The van der Waals surface area contributed by atoms with E-state index in [0.29, 0.717) is 6.42 Å². The summed E-state index contributed by atoms with van der Waals surface area (Å²) in [7, 11) is 0. The second-order valence-electron chi connectivity index (χ2n) is 3.62. The normalized spacial score (nSPS) is 14.2. The van der Waals surface area contributed by atoms with E-state index < -0.39 is 0 Å². The van der Waals surface area contributed by atoms with E-state index >= 15 is 0 Å². The molecule has 0 amide bonds. The summed E-state index contributed by atoms with van der Waals surface area (Å²) in [6.45, 7) is 1.91. The van der Waals surface area contributed by atoms with Crippen LogP contribution < -0.4 is 5.32 Å². The first kappa shape index (κ1) is 11.7. The van der Waals surface area contributed by atoms with E-state index in [1.807, 2.05) is 37.3 Å². The van der Waals surface area contributed by atoms with Crippen molar-refractivity contribution in [1.82, 2.24) is 5.32 Å². The number of aliphatic hydroxyl groups is 1. The highest BCUT2D eigenvalue weighted by Gasteiger charge is 2.10. The van der Waals surface area contributed by atoms with E-state index in [1.54, 1.807) is 0 Å². The summed E-state index contributed by atoms with van der Waals surface area (Å²) in [6.07, 6.45) is 0.668. The number of hydrogen-bond donors (Lipinski definition) is 2. The molecule has 3 nitrogen and oxygen atoms in total. The summed E-state index contributed by atoms with van der Waals surface area (Å²) in [5.41, 5.74) is 1.13. The van der Waals surface area contributed by atoms with Gasteiger partial charge in [-0.15, -0.1) is 0 Å². The van der Waals surface area contributed by atoms with Gasteiger partial charge in [-0.05, 0) is 12.5 Å². The fourth-order valence-corrected chi connectivity index (χ4v) is 1.39. The van der Waals surface area contributed by atoms with Crippen molar-refractivity contribution in [3.8, 4) is 6.07 Å². The highest BCUT2D eigenvalue weighted by Crippen LogP contribution is 2.03. The summed E-state index contributed by atoms with van der Waals surface area (Å²) in [6, 6.07) is 11.8. The predicted octanol–water partition coefficient (Wildman–Crippen LogP) is 1.09. The Morgan fingerprint density at radius 1 is 1.40 bits per heavy atom. The maximum absolute atomic E-state index is 8.94. The van der Waals surface area contributed by atoms with Crippen LogP contribution in [0.15, 0.2) is 30.3 Å². The SMILES string of the molecule is CC(CO)NC(C#N)Cc1ccccc1. The molecule has 0 spiro atoms. The van der Waals surface area contributed by atoms with Crippen molar-refractivity contribution in [3.63, 3.8) is 0 Å². The molecule has 0 heterocycles. The van der Waals surface area contributed by atoms with Gasteiger partial charge in [0.1, 0.15) is 0 Å². The summed E-state index contributed by atoms with van der Waals surface area (Å²) in [5.74, 6) is 0. The van der Waals surface area contributed by atoms with Gasteiger partial charge in [0.2, 0.25) is 0 Å². The Morgan fingerprint density at radius 3 is 2.60 bits per heavy atom. The van der Waals surface area contributed by atoms with Gasteiger partial charge in [0.15, 0.2) is 0 Å². The molecule has 0 saturated heterocycles. The number of aliphatic hydroxyl groups excluding tert-OH is 1. The molecule has 1 rings (SSSR count). The Hall–Kier alpha value is -1.37. The summed E-state index contributed by atoms with van der Waals surface area (Å²) < 4.78 is 0. The number of rotatable bonds is 5. The molecule has 0 fully saturated rings. The van der Waals surface area contributed by atoms with Crippen LogP contribution in [-0.4, -0.2) is 23.8 Å². The number of nitrogens with one attached hydrogen (secondary N) is 1. The standard InChI is InChI=1S/C12H16N2O/c1-10(9-15)14-12(8-13)7-11-5-3-2-4-6-11/h2-6,10,12,14-15H,7,9H2,1H3. The minimum Gasteiger partial charge on any atom is -0.395 e. The van der Waals surface area contributed by atoms with E-state index in [-0.39, 0.29) is 18.7 Å². The molecule has 3 heteroatoms. The number of nitriles is 1. The summed E-state index contributed by atoms with van der Waals surface area (Å²) in [5, 5.41) is 20.9. The van der Waals surface area contributed by atoms with Crippen molar-refractivity contribution in [2.45, 2.75) is 25.4 Å². The van der Waals surface area contributed by atoms with Crippen molar-refractivity contribution in [1.29, 1.82) is 5.26 Å². The molecular weight excluding hydrogens is 188 g/mol. The molecule has 0 saturated carbocycles. The Labute approximate surface area is 90.4 Å². The molecule has 2 atom stereocenters.